The highest BCUT2D eigenvalue weighted by Gasteiger charge is 2.25. The number of aliphatic hydroxyl groups excluding tert-OH is 1. The number of carbonyl (C=O) groups excluding carboxylic acids is 2. The first-order chi connectivity index (χ1) is 13.2. The van der Waals surface area contributed by atoms with Gasteiger partial charge in [-0.2, -0.15) is 5.26 Å². The highest BCUT2D eigenvalue weighted by Crippen LogP contribution is 2.27. The lowest BCUT2D eigenvalue weighted by atomic mass is 10.1. The first-order valence-corrected chi connectivity index (χ1v) is 10.5. The first kappa shape index (κ1) is 22.7. The molecule has 0 aliphatic rings. The first-order valence-electron chi connectivity index (χ1n) is 7.93. The number of benzene rings is 2. The molecule has 146 valence electrons. The zero-order valence-corrected chi connectivity index (χ0v) is 19.5. The molecule has 1 unspecified atom stereocenters. The van der Waals surface area contributed by atoms with Gasteiger partial charge in [0.05, 0.1) is 15.2 Å². The molecule has 10 heteroatoms. The fourth-order valence-corrected chi connectivity index (χ4v) is 3.53. The highest BCUT2D eigenvalue weighted by molar-refractivity contribution is 14.1. The Morgan fingerprint density at radius 2 is 1.75 bits per heavy atom. The van der Waals surface area contributed by atoms with Gasteiger partial charge in [0.25, 0.3) is 11.8 Å². The lowest BCUT2D eigenvalue weighted by Crippen LogP contribution is -2.52. The predicted molar refractivity (Wildman–Crippen MR) is 123 cm³/mol. The molecule has 0 heterocycles. The number of rotatable bonds is 5. The molecule has 0 aliphatic heterocycles. The summed E-state index contributed by atoms with van der Waals surface area (Å²) in [6.45, 7) is 1.46. The molecule has 0 bridgehead atoms. The van der Waals surface area contributed by atoms with Crippen LogP contribution in [-0.4, -0.2) is 29.1 Å². The lowest BCUT2D eigenvalue weighted by molar-refractivity contribution is -0.124. The van der Waals surface area contributed by atoms with Gasteiger partial charge in [0.2, 0.25) is 0 Å². The second-order valence-electron chi connectivity index (χ2n) is 5.71. The number of carbonyl (C=O) groups is 2. The smallest absolute Gasteiger partial charge is 0.269 e. The largest absolute Gasteiger partial charge is 0.391 e. The average molecular weight is 625 g/mol. The third-order valence-electron chi connectivity index (χ3n) is 3.68. The minimum Gasteiger partial charge on any atom is -0.391 e. The molecule has 0 fully saturated rings. The second kappa shape index (κ2) is 10.2. The van der Waals surface area contributed by atoms with Crippen molar-refractivity contribution in [3.63, 3.8) is 0 Å². The van der Waals surface area contributed by atoms with Crippen molar-refractivity contribution in [1.82, 2.24) is 10.9 Å². The summed E-state index contributed by atoms with van der Waals surface area (Å²) in [7, 11) is 0. The lowest BCUT2D eigenvalue weighted by Gasteiger charge is -2.23. The topological polar surface area (TPSA) is 114 Å². The predicted octanol–water partition coefficient (Wildman–Crippen LogP) is 3.04. The van der Waals surface area contributed by atoms with E-state index in [1.165, 1.54) is 19.1 Å². The Kier molecular flexibility index (Phi) is 8.29. The molecule has 2 atom stereocenters. The van der Waals surface area contributed by atoms with Crippen LogP contribution in [0, 0.1) is 18.5 Å². The summed E-state index contributed by atoms with van der Waals surface area (Å²) in [6.07, 6.45) is -1.04. The van der Waals surface area contributed by atoms with Crippen LogP contribution in [0.5, 0.6) is 0 Å². The van der Waals surface area contributed by atoms with Crippen LogP contribution in [0.15, 0.2) is 36.4 Å². The van der Waals surface area contributed by atoms with Crippen LogP contribution < -0.4 is 16.2 Å². The van der Waals surface area contributed by atoms with Gasteiger partial charge in [0, 0.05) is 19.8 Å². The van der Waals surface area contributed by atoms with Crippen LogP contribution in [0.2, 0.25) is 5.02 Å². The van der Waals surface area contributed by atoms with Crippen molar-refractivity contribution in [1.29, 1.82) is 5.26 Å². The van der Waals surface area contributed by atoms with Gasteiger partial charge in [-0.1, -0.05) is 11.6 Å². The minimum atomic E-state index is -1.04. The molecule has 2 aromatic rings. The minimum absolute atomic E-state index is 0.322. The maximum atomic E-state index is 12.5. The van der Waals surface area contributed by atoms with Gasteiger partial charge in [-0.3, -0.25) is 20.4 Å². The van der Waals surface area contributed by atoms with Crippen LogP contribution >= 0.6 is 56.8 Å². The molecule has 0 aromatic heterocycles. The van der Waals surface area contributed by atoms with E-state index in [1.807, 2.05) is 22.6 Å². The fraction of sp³-hybridized carbons (Fsp3) is 0.167. The fourth-order valence-electron chi connectivity index (χ4n) is 2.19. The van der Waals surface area contributed by atoms with Crippen molar-refractivity contribution in [3.05, 3.63) is 59.7 Å². The van der Waals surface area contributed by atoms with E-state index in [1.54, 1.807) is 24.3 Å². The molecule has 0 saturated heterocycles. The quantitative estimate of drug-likeness (QED) is 0.302. The van der Waals surface area contributed by atoms with Crippen molar-refractivity contribution in [2.45, 2.75) is 19.1 Å². The highest BCUT2D eigenvalue weighted by atomic mass is 127. The Morgan fingerprint density at radius 3 is 2.32 bits per heavy atom. The van der Waals surface area contributed by atoms with Gasteiger partial charge < -0.3 is 10.4 Å². The normalized spacial score (nSPS) is 12.4. The van der Waals surface area contributed by atoms with E-state index in [9.17, 15) is 14.7 Å². The third kappa shape index (κ3) is 5.69. The molecule has 0 spiro atoms. The number of anilines is 1. The van der Waals surface area contributed by atoms with Crippen LogP contribution in [0.1, 0.15) is 22.8 Å². The maximum absolute atomic E-state index is 12.5. The van der Waals surface area contributed by atoms with E-state index in [4.69, 9.17) is 16.9 Å². The number of halogens is 3. The van der Waals surface area contributed by atoms with Gasteiger partial charge in [-0.05, 0) is 88.5 Å². The summed E-state index contributed by atoms with van der Waals surface area (Å²) in [4.78, 5) is 24.6. The molecule has 2 aromatic carbocycles. The Bertz CT molecular complexity index is 930. The Labute approximate surface area is 194 Å². The average Bonchev–Trinajstić information content (AvgIpc) is 2.67. The van der Waals surface area contributed by atoms with Crippen LogP contribution in [0.25, 0.3) is 0 Å². The van der Waals surface area contributed by atoms with E-state index in [0.717, 1.165) is 7.14 Å². The molecule has 7 nitrogen and oxygen atoms in total. The van der Waals surface area contributed by atoms with E-state index in [-0.39, 0.29) is 0 Å². The number of hydrogen-bond acceptors (Lipinski definition) is 5. The number of amides is 2. The van der Waals surface area contributed by atoms with Crippen molar-refractivity contribution < 1.29 is 14.7 Å². The van der Waals surface area contributed by atoms with E-state index >= 15 is 0 Å². The van der Waals surface area contributed by atoms with Crippen LogP contribution in [0.4, 0.5) is 5.69 Å². The SMILES string of the molecule is C[C@H](O)C(Nc1ccc(C#N)c(I)c1I)C(=O)NNC(=O)c1ccc(Cl)cc1. The van der Waals surface area contributed by atoms with E-state index in [0.29, 0.717) is 21.8 Å². The van der Waals surface area contributed by atoms with Crippen molar-refractivity contribution in [3.8, 4) is 6.07 Å². The molecule has 28 heavy (non-hydrogen) atoms. The van der Waals surface area contributed by atoms with Crippen LogP contribution in [0.3, 0.4) is 0 Å². The molecular formula is C18H15ClI2N4O3. The Hall–Kier alpha value is -1.62. The zero-order chi connectivity index (χ0) is 20.8. The molecule has 2 amide bonds. The summed E-state index contributed by atoms with van der Waals surface area (Å²) in [5, 5.41) is 22.6. The van der Waals surface area contributed by atoms with Gasteiger partial charge in [-0.15, -0.1) is 0 Å². The summed E-state index contributed by atoms with van der Waals surface area (Å²) in [5.41, 5.74) is 6.04. The Balaban J connectivity index is 2.08. The van der Waals surface area contributed by atoms with Gasteiger partial charge >= 0.3 is 0 Å². The number of aliphatic hydroxyl groups is 1. The number of hydrogen-bond donors (Lipinski definition) is 4. The molecule has 0 radical (unpaired) electrons. The van der Waals surface area contributed by atoms with Gasteiger partial charge in [-0.25, -0.2) is 0 Å². The summed E-state index contributed by atoms with van der Waals surface area (Å²) in [5.74, 6) is -1.13. The number of nitriles is 1. The monoisotopic (exact) mass is 624 g/mol. The molecule has 0 saturated carbocycles. The standard InChI is InChI=1S/C18H15ClI2N4O3/c1-9(26)16(23-13-7-4-11(8-22)14(20)15(13)21)18(28)25-24-17(27)10-2-5-12(19)6-3-10/h2-7,9,16,23,26H,1H3,(H,24,27)(H,25,28)/t9-,16?/m0/s1. The molecule has 0 aliphatic carbocycles. The number of nitrogens with one attached hydrogen (secondary N) is 3. The summed E-state index contributed by atoms with van der Waals surface area (Å²) in [6, 6.07) is 10.5. The van der Waals surface area contributed by atoms with Gasteiger partial charge in [0.1, 0.15) is 12.1 Å². The number of nitrogens with zero attached hydrogens (tertiary/aromatic N) is 1. The summed E-state index contributed by atoms with van der Waals surface area (Å²) < 4.78 is 1.49. The van der Waals surface area contributed by atoms with E-state index in [2.05, 4.69) is 44.8 Å². The zero-order valence-electron chi connectivity index (χ0n) is 14.5. The number of hydrazine groups is 1. The van der Waals surface area contributed by atoms with Crippen molar-refractivity contribution in [2.24, 2.45) is 0 Å². The maximum Gasteiger partial charge on any atom is 0.269 e. The van der Waals surface area contributed by atoms with Crippen LogP contribution in [-0.2, 0) is 4.79 Å². The molecule has 4 N–H and O–H groups in total. The van der Waals surface area contributed by atoms with Crippen molar-refractivity contribution in [2.75, 3.05) is 5.32 Å². The second-order valence-corrected chi connectivity index (χ2v) is 8.31. The third-order valence-corrected chi connectivity index (χ3v) is 7.21. The summed E-state index contributed by atoms with van der Waals surface area (Å²) >= 11 is 9.89. The van der Waals surface area contributed by atoms with E-state index < -0.39 is 24.0 Å². The molecule has 2 rings (SSSR count). The van der Waals surface area contributed by atoms with Gasteiger partial charge in [0.15, 0.2) is 0 Å². The van der Waals surface area contributed by atoms with Crippen molar-refractivity contribution >= 4 is 74.3 Å². The Morgan fingerprint density at radius 1 is 1.11 bits per heavy atom. The molecular weight excluding hydrogens is 609 g/mol.